The Balaban J connectivity index is 1.64. The second-order valence-electron chi connectivity index (χ2n) is 7.44. The molecule has 0 aliphatic carbocycles. The lowest BCUT2D eigenvalue weighted by molar-refractivity contribution is -0.123. The van der Waals surface area contributed by atoms with Crippen molar-refractivity contribution >= 4 is 57.8 Å². The Kier molecular flexibility index (Phi) is 6.28. The van der Waals surface area contributed by atoms with Crippen molar-refractivity contribution < 1.29 is 9.21 Å². The molecule has 0 N–H and O–H groups in total. The quantitative estimate of drug-likeness (QED) is 0.369. The number of amidine groups is 1. The van der Waals surface area contributed by atoms with Gasteiger partial charge >= 0.3 is 0 Å². The minimum absolute atomic E-state index is 0.0184. The predicted octanol–water partition coefficient (Wildman–Crippen LogP) is 7.57. The number of carbonyl (C=O) groups is 1. The molecule has 7 heteroatoms. The molecule has 1 aliphatic heterocycles. The molecule has 1 aliphatic rings. The van der Waals surface area contributed by atoms with Crippen LogP contribution in [0.2, 0.25) is 10.0 Å². The summed E-state index contributed by atoms with van der Waals surface area (Å²) in [5.41, 5.74) is 2.71. The van der Waals surface area contributed by atoms with Gasteiger partial charge in [-0.1, -0.05) is 40.9 Å². The van der Waals surface area contributed by atoms with Crippen LogP contribution >= 0.6 is 35.0 Å². The lowest BCUT2D eigenvalue weighted by Gasteiger charge is -2.19. The lowest BCUT2D eigenvalue weighted by atomic mass is 10.2. The molecule has 31 heavy (non-hydrogen) atoms. The van der Waals surface area contributed by atoms with Crippen LogP contribution in [0.4, 0.5) is 5.69 Å². The molecule has 4 nitrogen and oxygen atoms in total. The molecule has 0 atom stereocenters. The van der Waals surface area contributed by atoms with Gasteiger partial charge in [0.15, 0.2) is 5.17 Å². The highest BCUT2D eigenvalue weighted by molar-refractivity contribution is 8.18. The molecule has 2 aromatic carbocycles. The van der Waals surface area contributed by atoms with Crippen LogP contribution in [0.15, 0.2) is 68.9 Å². The van der Waals surface area contributed by atoms with Crippen molar-refractivity contribution in [2.75, 3.05) is 0 Å². The summed E-state index contributed by atoms with van der Waals surface area (Å²) >= 11 is 13.6. The van der Waals surface area contributed by atoms with Crippen LogP contribution in [0.5, 0.6) is 0 Å². The average Bonchev–Trinajstić information content (AvgIpc) is 3.28. The Bertz CT molecular complexity index is 1200. The van der Waals surface area contributed by atoms with Gasteiger partial charge in [-0.2, -0.15) is 0 Å². The zero-order valence-corrected chi connectivity index (χ0v) is 19.6. The zero-order valence-electron chi connectivity index (χ0n) is 17.2. The fraction of sp³-hybridized carbons (Fsp3) is 0.167. The normalized spacial score (nSPS) is 16.8. The maximum absolute atomic E-state index is 13.1. The number of amides is 1. The SMILES string of the molecule is Cc1ccc(N=C2S/C(=C/c3ccc(-c4ccc(Cl)cc4Cl)o3)C(=O)N2C(C)C)cc1. The molecule has 2 heterocycles. The van der Waals surface area contributed by atoms with Gasteiger partial charge in [-0.05, 0) is 75.0 Å². The maximum atomic E-state index is 13.1. The van der Waals surface area contributed by atoms with Gasteiger partial charge in [-0.15, -0.1) is 0 Å². The molecule has 3 aromatic rings. The van der Waals surface area contributed by atoms with E-state index in [1.54, 1.807) is 23.1 Å². The summed E-state index contributed by atoms with van der Waals surface area (Å²) in [6.07, 6.45) is 1.74. The Hall–Kier alpha value is -2.47. The summed E-state index contributed by atoms with van der Waals surface area (Å²) in [6.45, 7) is 5.97. The van der Waals surface area contributed by atoms with Crippen molar-refractivity contribution in [1.29, 1.82) is 0 Å². The number of rotatable bonds is 4. The van der Waals surface area contributed by atoms with Crippen molar-refractivity contribution in [3.8, 4) is 11.3 Å². The van der Waals surface area contributed by atoms with E-state index in [1.165, 1.54) is 11.8 Å². The predicted molar refractivity (Wildman–Crippen MR) is 130 cm³/mol. The fourth-order valence-corrected chi connectivity index (χ4v) is 4.75. The lowest BCUT2D eigenvalue weighted by Crippen LogP contribution is -2.35. The highest BCUT2D eigenvalue weighted by atomic mass is 35.5. The second kappa shape index (κ2) is 8.95. The van der Waals surface area contributed by atoms with Crippen molar-refractivity contribution in [3.05, 3.63) is 80.9 Å². The molecule has 0 unspecified atom stereocenters. The van der Waals surface area contributed by atoms with E-state index in [9.17, 15) is 4.79 Å². The number of nitrogens with zero attached hydrogens (tertiary/aromatic N) is 2. The van der Waals surface area contributed by atoms with Crippen LogP contribution in [0.25, 0.3) is 17.4 Å². The van der Waals surface area contributed by atoms with Gasteiger partial charge in [0.1, 0.15) is 11.5 Å². The summed E-state index contributed by atoms with van der Waals surface area (Å²) in [7, 11) is 0. The Morgan fingerprint density at radius 1 is 1.06 bits per heavy atom. The van der Waals surface area contributed by atoms with Crippen molar-refractivity contribution in [2.45, 2.75) is 26.8 Å². The minimum atomic E-state index is -0.0895. The van der Waals surface area contributed by atoms with E-state index < -0.39 is 0 Å². The van der Waals surface area contributed by atoms with E-state index >= 15 is 0 Å². The van der Waals surface area contributed by atoms with Crippen LogP contribution in [0.3, 0.4) is 0 Å². The molecule has 1 amide bonds. The van der Waals surface area contributed by atoms with Crippen LogP contribution < -0.4 is 0 Å². The van der Waals surface area contributed by atoms with Crippen molar-refractivity contribution in [1.82, 2.24) is 4.90 Å². The van der Waals surface area contributed by atoms with Crippen molar-refractivity contribution in [2.24, 2.45) is 4.99 Å². The molecule has 1 aromatic heterocycles. The van der Waals surface area contributed by atoms with Crippen LogP contribution in [-0.4, -0.2) is 22.0 Å². The first-order chi connectivity index (χ1) is 14.8. The van der Waals surface area contributed by atoms with Crippen molar-refractivity contribution in [3.63, 3.8) is 0 Å². The third kappa shape index (κ3) is 4.74. The summed E-state index contributed by atoms with van der Waals surface area (Å²) < 4.78 is 5.94. The van der Waals surface area contributed by atoms with E-state index in [2.05, 4.69) is 0 Å². The second-order valence-corrected chi connectivity index (χ2v) is 9.29. The molecule has 0 radical (unpaired) electrons. The summed E-state index contributed by atoms with van der Waals surface area (Å²) in [4.78, 5) is 20.0. The number of hydrogen-bond donors (Lipinski definition) is 0. The van der Waals surface area contributed by atoms with Crippen LogP contribution in [-0.2, 0) is 4.79 Å². The highest BCUT2D eigenvalue weighted by Crippen LogP contribution is 2.37. The monoisotopic (exact) mass is 470 g/mol. The van der Waals surface area contributed by atoms with E-state index in [0.29, 0.717) is 31.6 Å². The topological polar surface area (TPSA) is 45.8 Å². The van der Waals surface area contributed by atoms with Crippen LogP contribution in [0, 0.1) is 6.92 Å². The number of furan rings is 1. The van der Waals surface area contributed by atoms with Gasteiger partial charge in [0, 0.05) is 22.7 Å². The minimum Gasteiger partial charge on any atom is -0.457 e. The van der Waals surface area contributed by atoms with Gasteiger partial charge < -0.3 is 4.42 Å². The fourth-order valence-electron chi connectivity index (χ4n) is 3.14. The third-order valence-electron chi connectivity index (χ3n) is 4.71. The average molecular weight is 471 g/mol. The van der Waals surface area contributed by atoms with E-state index in [4.69, 9.17) is 32.6 Å². The highest BCUT2D eigenvalue weighted by Gasteiger charge is 2.35. The Labute approximate surface area is 195 Å². The number of aryl methyl sites for hydroxylation is 1. The molecule has 0 spiro atoms. The molecule has 0 bridgehead atoms. The molecular weight excluding hydrogens is 451 g/mol. The summed E-state index contributed by atoms with van der Waals surface area (Å²) in [6, 6.07) is 16.8. The maximum Gasteiger partial charge on any atom is 0.267 e. The molecule has 4 rings (SSSR count). The van der Waals surface area contributed by atoms with E-state index in [-0.39, 0.29) is 11.9 Å². The van der Waals surface area contributed by atoms with Crippen LogP contribution in [0.1, 0.15) is 25.2 Å². The smallest absolute Gasteiger partial charge is 0.267 e. The van der Waals surface area contributed by atoms with E-state index in [0.717, 1.165) is 16.8 Å². The number of aliphatic imine (C=N–C) groups is 1. The third-order valence-corrected chi connectivity index (χ3v) is 6.24. The standard InChI is InChI=1S/C24H20Cl2N2O2S/c1-14(2)28-23(29)22(31-24(28)27-17-7-4-15(3)5-8-17)13-18-9-11-21(30-18)19-10-6-16(25)12-20(19)26/h4-14H,1-3H3/b22-13+,27-24?. The number of thioether (sulfide) groups is 1. The summed E-state index contributed by atoms with van der Waals surface area (Å²) in [5, 5.41) is 1.72. The number of halogens is 2. The van der Waals surface area contributed by atoms with E-state index in [1.807, 2.05) is 63.2 Å². The number of hydrogen-bond acceptors (Lipinski definition) is 4. The number of carbonyl (C=O) groups excluding carboxylic acids is 1. The first-order valence-electron chi connectivity index (χ1n) is 9.75. The molecule has 0 saturated carbocycles. The first kappa shape index (κ1) is 21.8. The Morgan fingerprint density at radius 3 is 2.48 bits per heavy atom. The largest absolute Gasteiger partial charge is 0.457 e. The molecule has 1 saturated heterocycles. The van der Waals surface area contributed by atoms with Gasteiger partial charge in [-0.3, -0.25) is 9.69 Å². The van der Waals surface area contributed by atoms with Gasteiger partial charge in [0.05, 0.1) is 15.6 Å². The van der Waals surface area contributed by atoms with Gasteiger partial charge in [0.25, 0.3) is 5.91 Å². The number of benzene rings is 2. The molecule has 1 fully saturated rings. The summed E-state index contributed by atoms with van der Waals surface area (Å²) in [5.74, 6) is 1.09. The van der Waals surface area contributed by atoms with Gasteiger partial charge in [0.2, 0.25) is 0 Å². The molecular formula is C24H20Cl2N2O2S. The molecule has 158 valence electrons. The Morgan fingerprint density at radius 2 is 1.81 bits per heavy atom. The zero-order chi connectivity index (χ0) is 22.1. The first-order valence-corrected chi connectivity index (χ1v) is 11.3. The van der Waals surface area contributed by atoms with Gasteiger partial charge in [-0.25, -0.2) is 4.99 Å².